The molecular formula is C27H30N4O3S. The molecule has 182 valence electrons. The van der Waals surface area contributed by atoms with Crippen molar-refractivity contribution in [3.05, 3.63) is 65.7 Å². The topological polar surface area (TPSA) is 82.1 Å². The molecule has 3 heterocycles. The minimum absolute atomic E-state index is 0.0337. The van der Waals surface area contributed by atoms with Gasteiger partial charge in [0.1, 0.15) is 5.25 Å². The van der Waals surface area contributed by atoms with E-state index in [4.69, 9.17) is 0 Å². The van der Waals surface area contributed by atoms with Crippen LogP contribution in [-0.4, -0.2) is 57.6 Å². The lowest BCUT2D eigenvalue weighted by atomic mass is 10.0. The second-order valence-electron chi connectivity index (χ2n) is 9.29. The van der Waals surface area contributed by atoms with Gasteiger partial charge in [0.2, 0.25) is 5.91 Å². The van der Waals surface area contributed by atoms with E-state index in [0.29, 0.717) is 11.3 Å². The SMILES string of the molecule is O=C(C[C@@H]1SC(N2CCCCC2)=NC1=O)Nc1cccc(C(=O)N2CCC[C@@H]2c2ccccc2)c1. The molecule has 8 heteroatoms. The fraction of sp³-hybridized carbons (Fsp3) is 0.407. The second-order valence-corrected chi connectivity index (χ2v) is 10.5. The summed E-state index contributed by atoms with van der Waals surface area (Å²) < 4.78 is 0. The minimum atomic E-state index is -0.493. The van der Waals surface area contributed by atoms with Gasteiger partial charge in [-0.25, -0.2) is 0 Å². The predicted octanol–water partition coefficient (Wildman–Crippen LogP) is 4.48. The first-order chi connectivity index (χ1) is 17.1. The minimum Gasteiger partial charge on any atom is -0.351 e. The molecule has 0 spiro atoms. The number of anilines is 1. The Morgan fingerprint density at radius 1 is 0.971 bits per heavy atom. The van der Waals surface area contributed by atoms with Gasteiger partial charge in [0, 0.05) is 37.3 Å². The van der Waals surface area contributed by atoms with Crippen molar-refractivity contribution in [1.29, 1.82) is 0 Å². The first kappa shape index (κ1) is 23.6. The molecule has 0 radical (unpaired) electrons. The number of aliphatic imine (C=N–C) groups is 1. The molecule has 2 fully saturated rings. The first-order valence-electron chi connectivity index (χ1n) is 12.4. The van der Waals surface area contributed by atoms with E-state index in [0.717, 1.165) is 56.0 Å². The highest BCUT2D eigenvalue weighted by Crippen LogP contribution is 2.33. The lowest BCUT2D eigenvalue weighted by Gasteiger charge is -2.27. The van der Waals surface area contributed by atoms with Crippen molar-refractivity contribution in [3.8, 4) is 0 Å². The molecule has 35 heavy (non-hydrogen) atoms. The summed E-state index contributed by atoms with van der Waals surface area (Å²) in [7, 11) is 0. The Bertz CT molecular complexity index is 1130. The summed E-state index contributed by atoms with van der Waals surface area (Å²) in [4.78, 5) is 46.7. The van der Waals surface area contributed by atoms with E-state index in [-0.39, 0.29) is 30.2 Å². The van der Waals surface area contributed by atoms with Crippen LogP contribution in [0.1, 0.15) is 60.5 Å². The molecule has 3 aliphatic heterocycles. The maximum atomic E-state index is 13.3. The Balaban J connectivity index is 1.20. The highest BCUT2D eigenvalue weighted by molar-refractivity contribution is 8.15. The van der Waals surface area contributed by atoms with Crippen LogP contribution in [0.5, 0.6) is 0 Å². The van der Waals surface area contributed by atoms with E-state index in [1.807, 2.05) is 23.1 Å². The number of carbonyl (C=O) groups excluding carboxylic acids is 3. The molecule has 2 aromatic rings. The molecule has 1 N–H and O–H groups in total. The Morgan fingerprint density at radius 3 is 2.57 bits per heavy atom. The third-order valence-corrected chi connectivity index (χ3v) is 8.03. The van der Waals surface area contributed by atoms with Gasteiger partial charge in [0.25, 0.3) is 11.8 Å². The van der Waals surface area contributed by atoms with E-state index in [1.165, 1.54) is 18.2 Å². The molecule has 5 rings (SSSR count). The number of carbonyl (C=O) groups is 3. The van der Waals surface area contributed by atoms with Crippen LogP contribution in [0, 0.1) is 0 Å². The second kappa shape index (κ2) is 10.6. The van der Waals surface area contributed by atoms with Crippen LogP contribution < -0.4 is 5.32 Å². The number of thioether (sulfide) groups is 1. The summed E-state index contributed by atoms with van der Waals surface area (Å²) >= 11 is 1.39. The van der Waals surface area contributed by atoms with Crippen molar-refractivity contribution < 1.29 is 14.4 Å². The Kier molecular flexibility index (Phi) is 7.18. The largest absolute Gasteiger partial charge is 0.351 e. The van der Waals surface area contributed by atoms with Crippen LogP contribution in [0.3, 0.4) is 0 Å². The van der Waals surface area contributed by atoms with Crippen LogP contribution in [0.15, 0.2) is 59.6 Å². The van der Waals surface area contributed by atoms with Crippen LogP contribution in [0.2, 0.25) is 0 Å². The summed E-state index contributed by atoms with van der Waals surface area (Å²) in [6, 6.07) is 17.2. The maximum absolute atomic E-state index is 13.3. The molecule has 2 saturated heterocycles. The summed E-state index contributed by atoms with van der Waals surface area (Å²) in [5.41, 5.74) is 2.25. The van der Waals surface area contributed by atoms with Gasteiger partial charge in [-0.2, -0.15) is 4.99 Å². The zero-order valence-electron chi connectivity index (χ0n) is 19.7. The fourth-order valence-electron chi connectivity index (χ4n) is 5.04. The average molecular weight is 491 g/mol. The highest BCUT2D eigenvalue weighted by Gasteiger charge is 2.34. The Hall–Kier alpha value is -3.13. The molecule has 0 saturated carbocycles. The predicted molar refractivity (Wildman–Crippen MR) is 138 cm³/mol. The van der Waals surface area contributed by atoms with E-state index in [1.54, 1.807) is 24.3 Å². The Morgan fingerprint density at radius 2 is 1.77 bits per heavy atom. The van der Waals surface area contributed by atoms with E-state index in [2.05, 4.69) is 27.3 Å². The van der Waals surface area contributed by atoms with E-state index >= 15 is 0 Å². The van der Waals surface area contributed by atoms with Crippen molar-refractivity contribution >= 4 is 40.3 Å². The molecule has 2 aromatic carbocycles. The number of amides is 3. The number of benzene rings is 2. The van der Waals surface area contributed by atoms with Gasteiger partial charge in [-0.15, -0.1) is 0 Å². The zero-order valence-corrected chi connectivity index (χ0v) is 20.5. The highest BCUT2D eigenvalue weighted by atomic mass is 32.2. The van der Waals surface area contributed by atoms with E-state index in [9.17, 15) is 14.4 Å². The third kappa shape index (κ3) is 5.42. The van der Waals surface area contributed by atoms with Crippen LogP contribution in [0.25, 0.3) is 0 Å². The molecular weight excluding hydrogens is 460 g/mol. The smallest absolute Gasteiger partial charge is 0.262 e. The maximum Gasteiger partial charge on any atom is 0.262 e. The molecule has 0 aliphatic carbocycles. The number of piperidine rings is 1. The number of likely N-dealkylation sites (tertiary alicyclic amines) is 2. The zero-order chi connectivity index (χ0) is 24.2. The van der Waals surface area contributed by atoms with Crippen molar-refractivity contribution in [1.82, 2.24) is 9.80 Å². The molecule has 7 nitrogen and oxygen atoms in total. The molecule has 2 atom stereocenters. The normalized spacial score (nSPS) is 22.3. The summed E-state index contributed by atoms with van der Waals surface area (Å²) in [5.74, 6) is -0.525. The fourth-order valence-corrected chi connectivity index (χ4v) is 6.15. The number of nitrogens with one attached hydrogen (secondary N) is 1. The van der Waals surface area contributed by atoms with Gasteiger partial charge in [-0.3, -0.25) is 14.4 Å². The van der Waals surface area contributed by atoms with Gasteiger partial charge < -0.3 is 15.1 Å². The first-order valence-corrected chi connectivity index (χ1v) is 13.3. The number of hydrogen-bond donors (Lipinski definition) is 1. The molecule has 0 aromatic heterocycles. The molecule has 3 aliphatic rings. The lowest BCUT2D eigenvalue weighted by molar-refractivity contribution is -0.121. The standard InChI is InChI=1S/C27H30N4O3S/c32-24(18-23-25(33)29-27(35-23)30-14-5-2-6-15-30)28-21-12-7-11-20(17-21)26(34)31-16-8-13-22(31)19-9-3-1-4-10-19/h1,3-4,7,9-12,17,22-23H,2,5-6,8,13-16,18H2,(H,28,32)/t22-,23+/m1/s1. The summed E-state index contributed by atoms with van der Waals surface area (Å²) in [6.07, 6.45) is 5.40. The van der Waals surface area contributed by atoms with Gasteiger partial charge in [0.15, 0.2) is 5.17 Å². The van der Waals surface area contributed by atoms with Gasteiger partial charge in [-0.05, 0) is 55.9 Å². The van der Waals surface area contributed by atoms with Gasteiger partial charge in [-0.1, -0.05) is 48.2 Å². The van der Waals surface area contributed by atoms with Gasteiger partial charge in [0.05, 0.1) is 6.04 Å². The number of hydrogen-bond acceptors (Lipinski definition) is 5. The number of nitrogens with zero attached hydrogens (tertiary/aromatic N) is 3. The summed E-state index contributed by atoms with van der Waals surface area (Å²) in [5, 5.41) is 3.13. The van der Waals surface area contributed by atoms with Crippen molar-refractivity contribution in [2.45, 2.75) is 49.8 Å². The summed E-state index contributed by atoms with van der Waals surface area (Å²) in [6.45, 7) is 2.55. The molecule has 0 unspecified atom stereocenters. The Labute approximate surface area is 210 Å². The molecule has 0 bridgehead atoms. The quantitative estimate of drug-likeness (QED) is 0.669. The van der Waals surface area contributed by atoms with Crippen molar-refractivity contribution in [2.75, 3.05) is 25.0 Å². The molecule has 3 amide bonds. The van der Waals surface area contributed by atoms with Crippen molar-refractivity contribution in [2.24, 2.45) is 4.99 Å². The lowest BCUT2D eigenvalue weighted by Crippen LogP contribution is -2.33. The van der Waals surface area contributed by atoms with Crippen LogP contribution in [-0.2, 0) is 9.59 Å². The number of rotatable bonds is 5. The monoisotopic (exact) mass is 490 g/mol. The van der Waals surface area contributed by atoms with E-state index < -0.39 is 5.25 Å². The average Bonchev–Trinajstić information content (AvgIpc) is 3.52. The van der Waals surface area contributed by atoms with Gasteiger partial charge >= 0.3 is 0 Å². The van der Waals surface area contributed by atoms with Crippen LogP contribution >= 0.6 is 11.8 Å². The van der Waals surface area contributed by atoms with Crippen LogP contribution in [0.4, 0.5) is 5.69 Å². The third-order valence-electron chi connectivity index (χ3n) is 6.82. The van der Waals surface area contributed by atoms with Crippen molar-refractivity contribution in [3.63, 3.8) is 0 Å². The number of amidine groups is 1.